The molecule has 0 aliphatic heterocycles. The van der Waals surface area contributed by atoms with Crippen LogP contribution in [0.4, 0.5) is 0 Å². The predicted octanol–water partition coefficient (Wildman–Crippen LogP) is 6.17. The van der Waals surface area contributed by atoms with Gasteiger partial charge in [-0.15, -0.1) is 0 Å². The first-order valence-corrected chi connectivity index (χ1v) is 19.0. The molecule has 0 aliphatic carbocycles. The molecule has 10 heteroatoms. The van der Waals surface area contributed by atoms with Crippen molar-refractivity contribution in [1.29, 1.82) is 0 Å². The van der Waals surface area contributed by atoms with Gasteiger partial charge in [0.05, 0.1) is 14.2 Å². The first-order valence-electron chi connectivity index (χ1n) is 19.0. The van der Waals surface area contributed by atoms with Crippen LogP contribution in [0, 0.1) is 0 Å². The first kappa shape index (κ1) is 42.5. The van der Waals surface area contributed by atoms with Crippen molar-refractivity contribution in [2.75, 3.05) is 46.9 Å². The Morgan fingerprint density at radius 3 is 1.12 bits per heavy atom. The number of ether oxygens (including phenoxy) is 2. The van der Waals surface area contributed by atoms with Crippen LogP contribution in [0.3, 0.4) is 0 Å². The van der Waals surface area contributed by atoms with Crippen LogP contribution >= 0.6 is 0 Å². The fourth-order valence-corrected chi connectivity index (χ4v) is 5.71. The molecule has 5 N–H and O–H groups in total. The standard InChI is InChI=1S/C40H65N5O5/c1-49-36-22-13-11-20-34(36)32-41-27-15-5-8-24-38(46)43-29-17-3-4-18-30-44-40(48)26-10-7-19-31-45-39(47)25-9-6-16-28-42-33-35-21-12-14-23-37(35)50-2/h11-14,20-23,41-42H,3-10,15-19,24-33H2,1-2H3,(H,43,46)(H,44,48)(H,45,47). The van der Waals surface area contributed by atoms with E-state index < -0.39 is 0 Å². The second kappa shape index (κ2) is 29.1. The number of hydrogen-bond donors (Lipinski definition) is 5. The van der Waals surface area contributed by atoms with Crippen LogP contribution in [0.15, 0.2) is 48.5 Å². The van der Waals surface area contributed by atoms with E-state index in [4.69, 9.17) is 9.47 Å². The molecule has 0 bridgehead atoms. The van der Waals surface area contributed by atoms with Crippen molar-refractivity contribution in [3.63, 3.8) is 0 Å². The molecule has 10 nitrogen and oxygen atoms in total. The van der Waals surface area contributed by atoms with Crippen LogP contribution < -0.4 is 36.1 Å². The summed E-state index contributed by atoms with van der Waals surface area (Å²) < 4.78 is 10.8. The van der Waals surface area contributed by atoms with Crippen molar-refractivity contribution >= 4 is 17.7 Å². The molecule has 50 heavy (non-hydrogen) atoms. The van der Waals surface area contributed by atoms with Crippen molar-refractivity contribution in [3.05, 3.63) is 59.7 Å². The van der Waals surface area contributed by atoms with E-state index in [1.54, 1.807) is 14.2 Å². The highest BCUT2D eigenvalue weighted by molar-refractivity contribution is 5.76. The van der Waals surface area contributed by atoms with Crippen LogP contribution in [0.5, 0.6) is 11.5 Å². The number of carbonyl (C=O) groups is 3. The maximum atomic E-state index is 12.1. The normalized spacial score (nSPS) is 10.8. The number of nitrogens with one attached hydrogen (secondary N) is 5. The van der Waals surface area contributed by atoms with E-state index in [9.17, 15) is 14.4 Å². The molecule has 0 aliphatic rings. The number of amides is 3. The average molecular weight is 696 g/mol. The van der Waals surface area contributed by atoms with E-state index in [2.05, 4.69) is 38.7 Å². The molecule has 0 saturated heterocycles. The zero-order valence-corrected chi connectivity index (χ0v) is 30.9. The Morgan fingerprint density at radius 1 is 0.440 bits per heavy atom. The SMILES string of the molecule is COc1ccccc1CNCCCCCC(=O)NCCCCCCNC(=O)CCCCCNC(=O)CCCCCNCc1ccccc1OC. The van der Waals surface area contributed by atoms with Gasteiger partial charge in [0.15, 0.2) is 0 Å². The average Bonchev–Trinajstić information content (AvgIpc) is 3.13. The molecule has 0 unspecified atom stereocenters. The minimum atomic E-state index is 0.103. The van der Waals surface area contributed by atoms with Gasteiger partial charge in [-0.3, -0.25) is 14.4 Å². The maximum Gasteiger partial charge on any atom is 0.219 e. The van der Waals surface area contributed by atoms with Crippen LogP contribution in [-0.2, 0) is 27.5 Å². The smallest absolute Gasteiger partial charge is 0.219 e. The highest BCUT2D eigenvalue weighted by atomic mass is 16.5. The van der Waals surface area contributed by atoms with Crippen molar-refractivity contribution in [2.45, 2.75) is 116 Å². The summed E-state index contributed by atoms with van der Waals surface area (Å²) in [5.41, 5.74) is 2.31. The second-order valence-electron chi connectivity index (χ2n) is 12.9. The molecule has 0 atom stereocenters. The Labute approximate surface area is 301 Å². The molecule has 2 aromatic rings. The number of hydrogen-bond acceptors (Lipinski definition) is 7. The van der Waals surface area contributed by atoms with Gasteiger partial charge in [0, 0.05) is 63.1 Å². The molecule has 0 heterocycles. The van der Waals surface area contributed by atoms with Gasteiger partial charge in [-0.25, -0.2) is 0 Å². The van der Waals surface area contributed by atoms with E-state index >= 15 is 0 Å². The summed E-state index contributed by atoms with van der Waals surface area (Å²) in [6.07, 6.45) is 14.3. The molecule has 2 aromatic carbocycles. The molecule has 0 aromatic heterocycles. The lowest BCUT2D eigenvalue weighted by Crippen LogP contribution is -2.25. The molecule has 0 spiro atoms. The summed E-state index contributed by atoms with van der Waals surface area (Å²) in [6.45, 7) is 5.50. The molecule has 0 fully saturated rings. The Kier molecular flexibility index (Phi) is 24.8. The molecule has 2 rings (SSSR count). The number of rotatable bonds is 31. The van der Waals surface area contributed by atoms with Gasteiger partial charge in [0.25, 0.3) is 0 Å². The number of benzene rings is 2. The first-order chi connectivity index (χ1) is 24.5. The Morgan fingerprint density at radius 2 is 0.760 bits per heavy atom. The number of carbonyl (C=O) groups excluding carboxylic acids is 3. The predicted molar refractivity (Wildman–Crippen MR) is 202 cm³/mol. The van der Waals surface area contributed by atoms with Gasteiger partial charge in [-0.1, -0.05) is 68.5 Å². The maximum absolute atomic E-state index is 12.1. The largest absolute Gasteiger partial charge is 0.496 e. The number of methoxy groups -OCH3 is 2. The molecular formula is C40H65N5O5. The molecule has 0 radical (unpaired) electrons. The lowest BCUT2D eigenvalue weighted by atomic mass is 10.1. The van der Waals surface area contributed by atoms with Crippen molar-refractivity contribution < 1.29 is 23.9 Å². The fourth-order valence-electron chi connectivity index (χ4n) is 5.71. The van der Waals surface area contributed by atoms with Crippen LogP contribution in [0.1, 0.15) is 114 Å². The van der Waals surface area contributed by atoms with Crippen LogP contribution in [0.25, 0.3) is 0 Å². The zero-order chi connectivity index (χ0) is 35.9. The van der Waals surface area contributed by atoms with Crippen molar-refractivity contribution in [3.8, 4) is 11.5 Å². The molecular weight excluding hydrogens is 630 g/mol. The minimum Gasteiger partial charge on any atom is -0.496 e. The second-order valence-corrected chi connectivity index (χ2v) is 12.9. The van der Waals surface area contributed by atoms with Gasteiger partial charge in [-0.05, 0) is 76.6 Å². The molecule has 3 amide bonds. The Hall–Kier alpha value is -3.63. The lowest BCUT2D eigenvalue weighted by Gasteiger charge is -2.09. The van der Waals surface area contributed by atoms with E-state index in [-0.39, 0.29) is 17.7 Å². The van der Waals surface area contributed by atoms with Gasteiger partial charge in [0.1, 0.15) is 11.5 Å². The topological polar surface area (TPSA) is 130 Å². The minimum absolute atomic E-state index is 0.103. The summed E-state index contributed by atoms with van der Waals surface area (Å²) in [5.74, 6) is 2.17. The lowest BCUT2D eigenvalue weighted by molar-refractivity contribution is -0.122. The monoisotopic (exact) mass is 695 g/mol. The van der Waals surface area contributed by atoms with E-state index in [0.29, 0.717) is 32.4 Å². The van der Waals surface area contributed by atoms with Gasteiger partial charge in [-0.2, -0.15) is 0 Å². The van der Waals surface area contributed by atoms with Gasteiger partial charge < -0.3 is 36.1 Å². The third kappa shape index (κ3) is 21.5. The summed E-state index contributed by atoms with van der Waals surface area (Å²) in [4.78, 5) is 36.3. The van der Waals surface area contributed by atoms with Crippen molar-refractivity contribution in [2.24, 2.45) is 0 Å². The highest BCUT2D eigenvalue weighted by Gasteiger charge is 2.05. The third-order valence-corrected chi connectivity index (χ3v) is 8.68. The Bertz CT molecular complexity index is 1190. The molecule has 280 valence electrons. The van der Waals surface area contributed by atoms with E-state index in [1.807, 2.05) is 36.4 Å². The quantitative estimate of drug-likeness (QED) is 0.0597. The summed E-state index contributed by atoms with van der Waals surface area (Å²) in [6, 6.07) is 16.1. The van der Waals surface area contributed by atoms with Crippen molar-refractivity contribution in [1.82, 2.24) is 26.6 Å². The number of unbranched alkanes of at least 4 members (excludes halogenated alkanes) is 9. The summed E-state index contributed by atoms with van der Waals surface area (Å²) >= 11 is 0. The van der Waals surface area contributed by atoms with Crippen LogP contribution in [-0.4, -0.2) is 64.7 Å². The van der Waals surface area contributed by atoms with E-state index in [1.165, 1.54) is 0 Å². The van der Waals surface area contributed by atoms with Gasteiger partial charge in [0.2, 0.25) is 17.7 Å². The number of para-hydroxylation sites is 2. The highest BCUT2D eigenvalue weighted by Crippen LogP contribution is 2.17. The zero-order valence-electron chi connectivity index (χ0n) is 30.9. The van der Waals surface area contributed by atoms with Gasteiger partial charge >= 0.3 is 0 Å². The molecule has 0 saturated carbocycles. The fraction of sp³-hybridized carbons (Fsp3) is 0.625. The Balaban J connectivity index is 1.27. The third-order valence-electron chi connectivity index (χ3n) is 8.68. The summed E-state index contributed by atoms with van der Waals surface area (Å²) in [7, 11) is 3.38. The summed E-state index contributed by atoms with van der Waals surface area (Å²) in [5, 5.41) is 15.9. The van der Waals surface area contributed by atoms with E-state index in [0.717, 1.165) is 139 Å². The van der Waals surface area contributed by atoms with Crippen LogP contribution in [0.2, 0.25) is 0 Å².